The lowest BCUT2D eigenvalue weighted by Gasteiger charge is -2.25. The lowest BCUT2D eigenvalue weighted by Crippen LogP contribution is -2.32. The first-order valence-corrected chi connectivity index (χ1v) is 9.38. The van der Waals surface area contributed by atoms with E-state index >= 15 is 0 Å². The number of likely N-dealkylation sites (tertiary alicyclic amines) is 1. The van der Waals surface area contributed by atoms with Gasteiger partial charge in [0.25, 0.3) is 0 Å². The van der Waals surface area contributed by atoms with Gasteiger partial charge >= 0.3 is 0 Å². The molecule has 0 unspecified atom stereocenters. The summed E-state index contributed by atoms with van der Waals surface area (Å²) < 4.78 is 2.54. The molecule has 0 saturated carbocycles. The van der Waals surface area contributed by atoms with Crippen molar-refractivity contribution < 1.29 is 4.58 Å². The highest BCUT2D eigenvalue weighted by molar-refractivity contribution is 5.53. The number of piperidine rings is 1. The molecular weight excluding hydrogens is 292 g/mol. The lowest BCUT2D eigenvalue weighted by atomic mass is 10.0. The molecule has 2 atom stereocenters. The fourth-order valence-corrected chi connectivity index (χ4v) is 4.24. The van der Waals surface area contributed by atoms with Crippen LogP contribution >= 0.6 is 0 Å². The maximum atomic E-state index is 2.63. The van der Waals surface area contributed by atoms with Crippen LogP contribution in [0.2, 0.25) is 0 Å². The molecule has 2 aliphatic rings. The van der Waals surface area contributed by atoms with Gasteiger partial charge in [0.05, 0.1) is 13.1 Å². The summed E-state index contributed by atoms with van der Waals surface area (Å²) in [6, 6.07) is 23.1. The van der Waals surface area contributed by atoms with Crippen LogP contribution in [0.1, 0.15) is 55.3 Å². The second kappa shape index (κ2) is 7.21. The molecule has 0 aliphatic carbocycles. The average Bonchev–Trinajstić information content (AvgIpc) is 3.07. The molecule has 24 heavy (non-hydrogen) atoms. The topological polar surface area (TPSA) is 6.25 Å². The smallest absolute Gasteiger partial charge is 0.235 e. The third kappa shape index (κ3) is 3.24. The molecule has 2 saturated heterocycles. The van der Waals surface area contributed by atoms with Crippen molar-refractivity contribution in [2.75, 3.05) is 13.1 Å². The summed E-state index contributed by atoms with van der Waals surface area (Å²) in [5.41, 5.74) is 2.90. The van der Waals surface area contributed by atoms with Crippen LogP contribution in [0.4, 0.5) is 0 Å². The first-order valence-electron chi connectivity index (χ1n) is 9.38. The minimum atomic E-state index is 0.498. The highest BCUT2D eigenvalue weighted by atomic mass is 15.3. The molecule has 0 bridgehead atoms. The largest absolute Gasteiger partial charge is 0.268 e. The summed E-state index contributed by atoms with van der Waals surface area (Å²) in [7, 11) is 0. The van der Waals surface area contributed by atoms with Crippen molar-refractivity contribution in [3.63, 3.8) is 0 Å². The summed E-state index contributed by atoms with van der Waals surface area (Å²) in [5, 5.41) is 0. The molecule has 0 amide bonds. The van der Waals surface area contributed by atoms with Crippen LogP contribution in [0.5, 0.6) is 0 Å². The van der Waals surface area contributed by atoms with Crippen molar-refractivity contribution in [2.24, 2.45) is 0 Å². The standard InChI is InChI=1S/C22H27N2/c1-4-10-19(11-5-1)21-14-15-22(20-12-6-2-7-13-20)24(21)18-23-16-8-3-9-17-23/h1-2,4-7,10-13,18,21-22H,3,8-9,14-17H2/q+1/t21-,22-/m1/s1. The summed E-state index contributed by atoms with van der Waals surface area (Å²) in [5.74, 6) is 0. The number of hydrogen-bond donors (Lipinski definition) is 0. The zero-order valence-corrected chi connectivity index (χ0v) is 14.3. The summed E-state index contributed by atoms with van der Waals surface area (Å²) in [4.78, 5) is 2.63. The van der Waals surface area contributed by atoms with Gasteiger partial charge in [0.1, 0.15) is 12.1 Å². The molecule has 0 radical (unpaired) electrons. The van der Waals surface area contributed by atoms with Crippen LogP contribution < -0.4 is 0 Å². The fraction of sp³-hybridized carbons (Fsp3) is 0.409. The quantitative estimate of drug-likeness (QED) is 0.582. The van der Waals surface area contributed by atoms with Crippen LogP contribution in [-0.4, -0.2) is 28.9 Å². The Hall–Kier alpha value is -2.09. The number of hydrogen-bond acceptors (Lipinski definition) is 0. The van der Waals surface area contributed by atoms with E-state index in [-0.39, 0.29) is 0 Å². The van der Waals surface area contributed by atoms with Gasteiger partial charge in [0, 0.05) is 0 Å². The van der Waals surface area contributed by atoms with Crippen LogP contribution in [-0.2, 0) is 0 Å². The number of rotatable bonds is 3. The molecule has 0 aromatic heterocycles. The molecular formula is C22H27N2+. The highest BCUT2D eigenvalue weighted by Crippen LogP contribution is 2.42. The Morgan fingerprint density at radius 2 is 1.21 bits per heavy atom. The van der Waals surface area contributed by atoms with Crippen molar-refractivity contribution in [3.05, 3.63) is 71.8 Å². The zero-order valence-electron chi connectivity index (χ0n) is 14.3. The Morgan fingerprint density at radius 3 is 1.71 bits per heavy atom. The van der Waals surface area contributed by atoms with E-state index < -0.39 is 0 Å². The van der Waals surface area contributed by atoms with Gasteiger partial charge in [-0.3, -0.25) is 9.48 Å². The van der Waals surface area contributed by atoms with Crippen LogP contribution in [0, 0.1) is 0 Å². The van der Waals surface area contributed by atoms with Gasteiger partial charge in [-0.1, -0.05) is 60.7 Å². The van der Waals surface area contributed by atoms with Gasteiger partial charge in [0.2, 0.25) is 6.34 Å². The van der Waals surface area contributed by atoms with E-state index in [0.717, 1.165) is 0 Å². The molecule has 2 heterocycles. The highest BCUT2D eigenvalue weighted by Gasteiger charge is 2.39. The predicted octanol–water partition coefficient (Wildman–Crippen LogP) is 4.79. The second-order valence-electron chi connectivity index (χ2n) is 7.09. The Labute approximate surface area is 145 Å². The van der Waals surface area contributed by atoms with E-state index in [0.29, 0.717) is 12.1 Å². The normalized spacial score (nSPS) is 24.2. The summed E-state index contributed by atoms with van der Waals surface area (Å²) in [6.07, 6.45) is 8.95. The number of nitrogens with zero attached hydrogens (tertiary/aromatic N) is 2. The van der Waals surface area contributed by atoms with Gasteiger partial charge in [-0.05, 0) is 43.2 Å². The van der Waals surface area contributed by atoms with E-state index in [2.05, 4.69) is 76.5 Å². The first kappa shape index (κ1) is 15.4. The van der Waals surface area contributed by atoms with Gasteiger partial charge in [-0.25, -0.2) is 0 Å². The molecule has 0 spiro atoms. The third-order valence-electron chi connectivity index (χ3n) is 5.49. The first-order chi connectivity index (χ1) is 11.9. The Bertz CT molecular complexity index is 622. The molecule has 2 heteroatoms. The van der Waals surface area contributed by atoms with E-state index in [1.165, 1.54) is 56.3 Å². The Balaban J connectivity index is 1.67. The van der Waals surface area contributed by atoms with E-state index in [1.54, 1.807) is 0 Å². The molecule has 2 aromatic rings. The van der Waals surface area contributed by atoms with Crippen LogP contribution in [0.25, 0.3) is 0 Å². The predicted molar refractivity (Wildman–Crippen MR) is 99.3 cm³/mol. The van der Waals surface area contributed by atoms with Crippen molar-refractivity contribution in [3.8, 4) is 0 Å². The molecule has 2 aromatic carbocycles. The van der Waals surface area contributed by atoms with Gasteiger partial charge in [-0.15, -0.1) is 0 Å². The fourth-order valence-electron chi connectivity index (χ4n) is 4.24. The number of benzene rings is 2. The van der Waals surface area contributed by atoms with Crippen LogP contribution in [0.15, 0.2) is 60.7 Å². The van der Waals surface area contributed by atoms with Gasteiger partial charge < -0.3 is 0 Å². The SMILES string of the molecule is C(N1[C@@H](c2ccccc2)CC[C@@H]1c1ccccc1)=[N+]1CCCCC1. The van der Waals surface area contributed by atoms with Crippen molar-refractivity contribution >= 4 is 6.34 Å². The minimum Gasteiger partial charge on any atom is -0.268 e. The molecule has 2 fully saturated rings. The van der Waals surface area contributed by atoms with Crippen LogP contribution in [0.3, 0.4) is 0 Å². The molecule has 2 nitrogen and oxygen atoms in total. The van der Waals surface area contributed by atoms with E-state index in [4.69, 9.17) is 0 Å². The molecule has 2 aliphatic heterocycles. The molecule has 124 valence electrons. The van der Waals surface area contributed by atoms with Crippen molar-refractivity contribution in [2.45, 2.75) is 44.2 Å². The van der Waals surface area contributed by atoms with Gasteiger partial charge in [0.15, 0.2) is 0 Å². The summed E-state index contributed by atoms with van der Waals surface area (Å²) >= 11 is 0. The Morgan fingerprint density at radius 1 is 0.708 bits per heavy atom. The van der Waals surface area contributed by atoms with E-state index in [1.807, 2.05) is 0 Å². The maximum Gasteiger partial charge on any atom is 0.235 e. The second-order valence-corrected chi connectivity index (χ2v) is 7.09. The van der Waals surface area contributed by atoms with Gasteiger partial charge in [-0.2, -0.15) is 0 Å². The maximum absolute atomic E-state index is 2.63. The van der Waals surface area contributed by atoms with Crippen molar-refractivity contribution in [1.82, 2.24) is 4.90 Å². The Kier molecular flexibility index (Phi) is 4.64. The van der Waals surface area contributed by atoms with E-state index in [9.17, 15) is 0 Å². The lowest BCUT2D eigenvalue weighted by molar-refractivity contribution is -0.537. The third-order valence-corrected chi connectivity index (χ3v) is 5.49. The summed E-state index contributed by atoms with van der Waals surface area (Å²) in [6.45, 7) is 2.42. The minimum absolute atomic E-state index is 0.498. The molecule has 4 rings (SSSR count). The zero-order chi connectivity index (χ0) is 16.2. The monoisotopic (exact) mass is 319 g/mol. The van der Waals surface area contributed by atoms with Crippen molar-refractivity contribution in [1.29, 1.82) is 0 Å². The average molecular weight is 319 g/mol. The molecule has 0 N–H and O–H groups in total.